The average molecular weight is 1240 g/mol. The van der Waals surface area contributed by atoms with Crippen molar-refractivity contribution in [2.24, 2.45) is 0 Å². The van der Waals surface area contributed by atoms with Gasteiger partial charge in [0.1, 0.15) is 72.2 Å². The fraction of sp³-hybridized carbons (Fsp3) is 0.343. The molecule has 0 spiro atoms. The van der Waals surface area contributed by atoms with Crippen molar-refractivity contribution in [2.75, 3.05) is 138 Å². The Morgan fingerprint density at radius 1 is 0.326 bits per heavy atom. The van der Waals surface area contributed by atoms with Crippen LogP contribution in [0, 0.1) is 0 Å². The van der Waals surface area contributed by atoms with Crippen LogP contribution in [0.3, 0.4) is 0 Å². The molecule has 0 N–H and O–H groups in total. The molecule has 4 aromatic carbocycles. The Hall–Kier alpha value is -9.10. The van der Waals surface area contributed by atoms with Crippen LogP contribution < -0.4 is 38.5 Å². The first-order valence-electron chi connectivity index (χ1n) is 31.6. The van der Waals surface area contributed by atoms with Crippen molar-refractivity contribution >= 4 is 34.8 Å². The van der Waals surface area contributed by atoms with E-state index < -0.39 is 23.4 Å². The summed E-state index contributed by atoms with van der Waals surface area (Å²) in [5.74, 6) is 1.46. The number of anilines is 4. The summed E-state index contributed by atoms with van der Waals surface area (Å²) < 4.78 is 53.1. The van der Waals surface area contributed by atoms with Crippen molar-refractivity contribution < 1.29 is 47.5 Å². The van der Waals surface area contributed by atoms with Gasteiger partial charge in [-0.25, -0.2) is 9.59 Å². The first-order chi connectivity index (χ1) is 45.5. The summed E-state index contributed by atoms with van der Waals surface area (Å²) in [5.41, 5.74) is 3.32. The highest BCUT2D eigenvalue weighted by atomic mass is 16.5. The number of benzene rings is 4. The Kier molecular flexibility index (Phi) is 18.3. The number of hydrogen-bond donors (Lipinski definition) is 0. The van der Waals surface area contributed by atoms with E-state index in [1.165, 1.54) is 0 Å². The minimum Gasteiger partial charge on any atom is -0.489 e. The second kappa shape index (κ2) is 27.8. The Bertz CT molecular complexity index is 3340. The first-order valence-corrected chi connectivity index (χ1v) is 31.6. The van der Waals surface area contributed by atoms with E-state index in [9.17, 15) is 0 Å². The van der Waals surface area contributed by atoms with Crippen LogP contribution in [-0.2, 0) is 56.5 Å². The SMILES string of the molecule is O=C1N2c3c4ccc5c3N3C(=O)N6c7c(ccc(c7N1C6(c1ccccc1)C23c1ccccc1)OCCOCCN(CN(Cc1ccccn1)Cc1ccccn1)CCOCCO4)OCCOCCN(CN(Cc1ccccn1)Cc1ccccn1)CCOCCO5. The molecule has 6 aliphatic heterocycles. The van der Waals surface area contributed by atoms with E-state index in [4.69, 9.17) is 37.9 Å². The van der Waals surface area contributed by atoms with E-state index in [0.717, 1.165) is 22.8 Å². The fourth-order valence-corrected chi connectivity index (χ4v) is 13.6. The third-order valence-electron chi connectivity index (χ3n) is 17.3. The maximum Gasteiger partial charge on any atom is 0.334 e. The smallest absolute Gasteiger partial charge is 0.334 e. The van der Waals surface area contributed by atoms with Crippen LogP contribution in [-0.4, -0.2) is 170 Å². The van der Waals surface area contributed by atoms with Gasteiger partial charge in [-0.1, -0.05) is 84.9 Å². The summed E-state index contributed by atoms with van der Waals surface area (Å²) in [5, 5.41) is 0. The molecule has 0 atom stereocenters. The van der Waals surface area contributed by atoms with Crippen LogP contribution in [0.1, 0.15) is 33.9 Å². The normalized spacial score (nSPS) is 20.7. The molecule has 10 heterocycles. The van der Waals surface area contributed by atoms with Crippen molar-refractivity contribution in [3.8, 4) is 23.0 Å². The van der Waals surface area contributed by atoms with E-state index >= 15 is 9.59 Å². The number of carbonyl (C=O) groups is 2. The molecular formula is C70H74N12O10. The maximum atomic E-state index is 16.8. The summed E-state index contributed by atoms with van der Waals surface area (Å²) in [6.07, 6.45) is 7.27. The molecule has 14 rings (SSSR count). The van der Waals surface area contributed by atoms with Crippen LogP contribution in [0.5, 0.6) is 23.0 Å². The highest BCUT2D eigenvalue weighted by molar-refractivity contribution is 6.31. The summed E-state index contributed by atoms with van der Waals surface area (Å²) >= 11 is 0. The lowest BCUT2D eigenvalue weighted by molar-refractivity contribution is 0.0302. The van der Waals surface area contributed by atoms with Gasteiger partial charge in [0.25, 0.3) is 0 Å². The first kappa shape index (κ1) is 60.5. The number of carbonyl (C=O) groups excluding carboxylic acids is 2. The van der Waals surface area contributed by atoms with Gasteiger partial charge in [-0.2, -0.15) is 0 Å². The Labute approximate surface area is 534 Å². The number of urea groups is 2. The standard InChI is InChI=1S/C70H74N12O10/c83-67-79-63-59-23-24-60-64(63)80-68(84)82-66-62(92-46-42-88-38-34-76(32-36-86-40-44-90-60)52-78(49-57-21-9-13-29-73-57)50-58-22-10-14-30-74-58)26-25-61(65(66)81(67)70(82,54-17-5-2-6-18-54)69(79,80)53-15-3-1-4-16-53)91-45-41-87-37-33-75(31-35-85-39-43-89-59)51-77(47-55-19-7-11-27-71-55)48-56-20-8-12-28-72-56/h1-30H,31-52H2. The van der Waals surface area contributed by atoms with Crippen molar-refractivity contribution in [1.29, 1.82) is 0 Å². The molecule has 92 heavy (non-hydrogen) atoms. The molecular weight excluding hydrogens is 1170 g/mol. The number of ether oxygens (including phenoxy) is 8. The Morgan fingerprint density at radius 3 is 0.859 bits per heavy atom. The minimum absolute atomic E-state index is 0.120. The van der Waals surface area contributed by atoms with E-state index in [1.54, 1.807) is 19.6 Å². The van der Waals surface area contributed by atoms with Gasteiger partial charge in [-0.05, 0) is 72.8 Å². The summed E-state index contributed by atoms with van der Waals surface area (Å²) in [7, 11) is 0. The molecule has 22 heteroatoms. The summed E-state index contributed by atoms with van der Waals surface area (Å²) in [6, 6.07) is 49.8. The van der Waals surface area contributed by atoms with Gasteiger partial charge in [0, 0.05) is 88.3 Å². The summed E-state index contributed by atoms with van der Waals surface area (Å²) in [6.45, 7) is 8.88. The zero-order valence-corrected chi connectivity index (χ0v) is 51.3. The van der Waals surface area contributed by atoms with Gasteiger partial charge >= 0.3 is 12.1 Å². The van der Waals surface area contributed by atoms with Crippen LogP contribution in [0.25, 0.3) is 0 Å². The zero-order chi connectivity index (χ0) is 62.1. The quantitative estimate of drug-likeness (QED) is 0.101. The van der Waals surface area contributed by atoms with E-state index in [2.05, 4.69) is 39.5 Å². The molecule has 0 aliphatic carbocycles. The second-order valence-electron chi connectivity index (χ2n) is 23.1. The molecule has 0 radical (unpaired) electrons. The van der Waals surface area contributed by atoms with Crippen LogP contribution in [0.4, 0.5) is 32.3 Å². The Morgan fingerprint density at radius 2 is 0.598 bits per heavy atom. The molecule has 2 fully saturated rings. The maximum absolute atomic E-state index is 16.8. The second-order valence-corrected chi connectivity index (χ2v) is 23.1. The van der Waals surface area contributed by atoms with Gasteiger partial charge in [-0.3, -0.25) is 59.1 Å². The number of hydrogen-bond acceptors (Lipinski definition) is 18. The van der Waals surface area contributed by atoms with Crippen molar-refractivity contribution in [1.82, 2.24) is 39.5 Å². The van der Waals surface area contributed by atoms with Gasteiger partial charge in [-0.15, -0.1) is 0 Å². The molecule has 22 nitrogen and oxygen atoms in total. The van der Waals surface area contributed by atoms with Crippen molar-refractivity contribution in [3.05, 3.63) is 216 Å². The molecule has 8 aromatic rings. The third kappa shape index (κ3) is 11.7. The van der Waals surface area contributed by atoms with E-state index in [1.807, 2.05) is 183 Å². The van der Waals surface area contributed by atoms with E-state index in [0.29, 0.717) is 149 Å². The lowest BCUT2D eigenvalue weighted by Gasteiger charge is -2.44. The molecule has 0 unspecified atom stereocenters. The van der Waals surface area contributed by atoms with Gasteiger partial charge in [0.05, 0.1) is 89.0 Å². The molecule has 6 aliphatic rings. The predicted octanol–water partition coefficient (Wildman–Crippen LogP) is 8.73. The molecule has 4 amide bonds. The predicted molar refractivity (Wildman–Crippen MR) is 343 cm³/mol. The highest BCUT2D eigenvalue weighted by Gasteiger charge is 2.87. The topological polar surface area (TPSA) is 185 Å². The van der Waals surface area contributed by atoms with Crippen LogP contribution in [0.15, 0.2) is 183 Å². The minimum atomic E-state index is -1.65. The number of nitrogens with zero attached hydrogens (tertiary/aromatic N) is 12. The zero-order valence-electron chi connectivity index (χ0n) is 51.3. The summed E-state index contributed by atoms with van der Waals surface area (Å²) in [4.78, 5) is 68.4. The van der Waals surface area contributed by atoms with Gasteiger partial charge in [0.2, 0.25) is 11.3 Å². The fourth-order valence-electron chi connectivity index (χ4n) is 13.6. The largest absolute Gasteiger partial charge is 0.489 e. The lowest BCUT2D eigenvalue weighted by Crippen LogP contribution is -2.61. The number of amides is 4. The highest BCUT2D eigenvalue weighted by Crippen LogP contribution is 2.77. The number of pyridine rings is 4. The molecule has 4 bridgehead atoms. The monoisotopic (exact) mass is 1240 g/mol. The van der Waals surface area contributed by atoms with E-state index in [-0.39, 0.29) is 52.9 Å². The molecule has 474 valence electrons. The average Bonchev–Trinajstić information content (AvgIpc) is 1.44. The van der Waals surface area contributed by atoms with Crippen molar-refractivity contribution in [2.45, 2.75) is 37.5 Å². The van der Waals surface area contributed by atoms with Gasteiger partial charge in [0.15, 0.2) is 0 Å². The Balaban J connectivity index is 0.826. The van der Waals surface area contributed by atoms with Crippen molar-refractivity contribution in [3.63, 3.8) is 0 Å². The molecule has 4 aromatic heterocycles. The van der Waals surface area contributed by atoms with Gasteiger partial charge < -0.3 is 37.9 Å². The molecule has 0 saturated carbocycles. The molecule has 2 saturated heterocycles. The van der Waals surface area contributed by atoms with Crippen LogP contribution >= 0.6 is 0 Å². The number of rotatable bonds is 14. The van der Waals surface area contributed by atoms with Crippen LogP contribution in [0.2, 0.25) is 0 Å². The number of aromatic nitrogens is 4. The lowest BCUT2D eigenvalue weighted by atomic mass is 9.81. The third-order valence-corrected chi connectivity index (χ3v) is 17.3.